The lowest BCUT2D eigenvalue weighted by molar-refractivity contribution is -0.144. The summed E-state index contributed by atoms with van der Waals surface area (Å²) >= 11 is 3.93. The molecule has 0 radical (unpaired) electrons. The highest BCUT2D eigenvalue weighted by atomic mass is 32.1. The van der Waals surface area contributed by atoms with Crippen LogP contribution in [0.25, 0.3) is 0 Å². The Hall–Kier alpha value is -0.220. The van der Waals surface area contributed by atoms with Gasteiger partial charge in [-0.15, -0.1) is 0 Å². The molecule has 2 atom stereocenters. The highest BCUT2D eigenvalue weighted by molar-refractivity contribution is 7.80. The predicted molar refractivity (Wildman–Crippen MR) is 47.9 cm³/mol. The number of rotatable bonds is 4. The summed E-state index contributed by atoms with van der Waals surface area (Å²) in [5.41, 5.74) is 4.45. The Morgan fingerprint density at radius 3 is 2.36 bits per heavy atom. The van der Waals surface area contributed by atoms with Gasteiger partial charge in [-0.25, -0.2) is 0 Å². The van der Waals surface area contributed by atoms with Crippen LogP contribution in [0, 0.1) is 5.92 Å². The van der Waals surface area contributed by atoms with E-state index in [1.54, 1.807) is 0 Å². The van der Waals surface area contributed by atoms with Gasteiger partial charge >= 0.3 is 5.97 Å². The summed E-state index contributed by atoms with van der Waals surface area (Å²) in [6.07, 6.45) is 0.753. The fourth-order valence-corrected chi connectivity index (χ4v) is 1.25. The van der Waals surface area contributed by atoms with Crippen molar-refractivity contribution in [3.8, 4) is 0 Å². The maximum Gasteiger partial charge on any atom is 0.324 e. The normalized spacial score (nSPS) is 18.9. The van der Waals surface area contributed by atoms with E-state index in [1.807, 2.05) is 13.8 Å². The Balaban J connectivity index is 4.45. The lowest BCUT2D eigenvalue weighted by Crippen LogP contribution is -2.54. The minimum atomic E-state index is -1.17. The van der Waals surface area contributed by atoms with Crippen molar-refractivity contribution in [1.82, 2.24) is 0 Å². The van der Waals surface area contributed by atoms with Crippen LogP contribution in [0.4, 0.5) is 0 Å². The summed E-state index contributed by atoms with van der Waals surface area (Å²) in [5.74, 6) is -0.837. The highest BCUT2D eigenvalue weighted by Gasteiger charge is 2.37. The number of hydrogen-bond acceptors (Lipinski definition) is 3. The fourth-order valence-electron chi connectivity index (χ4n) is 0.799. The number of thiol groups is 1. The van der Waals surface area contributed by atoms with Crippen molar-refractivity contribution >= 4 is 18.6 Å². The molecule has 0 aliphatic heterocycles. The van der Waals surface area contributed by atoms with Gasteiger partial charge < -0.3 is 10.8 Å². The fraction of sp³-hybridized carbons (Fsp3) is 0.857. The quantitative estimate of drug-likeness (QED) is 0.555. The minimum absolute atomic E-state index is 0.0440. The minimum Gasteiger partial charge on any atom is -0.480 e. The average Bonchev–Trinajstić information content (AvgIpc) is 2.01. The standard InChI is InChI=1S/C7H15NO2S/c1-3-5(2)7(8,4-11)6(9)10/h5,11H,3-4,8H2,1-2H3,(H,9,10). The van der Waals surface area contributed by atoms with Crippen LogP contribution in [0.3, 0.4) is 0 Å². The van der Waals surface area contributed by atoms with E-state index >= 15 is 0 Å². The zero-order valence-corrected chi connectivity index (χ0v) is 7.77. The molecule has 0 aromatic heterocycles. The van der Waals surface area contributed by atoms with Gasteiger partial charge in [0.15, 0.2) is 0 Å². The monoisotopic (exact) mass is 177 g/mol. The molecule has 0 saturated carbocycles. The Labute approximate surface area is 72.4 Å². The molecule has 0 saturated heterocycles. The Morgan fingerprint density at radius 1 is 1.82 bits per heavy atom. The molecule has 4 heteroatoms. The zero-order valence-electron chi connectivity index (χ0n) is 6.87. The Bertz CT molecular complexity index is 151. The number of nitrogens with two attached hydrogens (primary N) is 1. The topological polar surface area (TPSA) is 63.3 Å². The summed E-state index contributed by atoms with van der Waals surface area (Å²) in [7, 11) is 0. The Morgan fingerprint density at radius 2 is 2.27 bits per heavy atom. The third kappa shape index (κ3) is 2.10. The molecule has 0 aliphatic carbocycles. The van der Waals surface area contributed by atoms with Crippen molar-refractivity contribution in [2.45, 2.75) is 25.8 Å². The first-order valence-corrected chi connectivity index (χ1v) is 4.25. The van der Waals surface area contributed by atoms with Crippen LogP contribution >= 0.6 is 12.6 Å². The molecular weight excluding hydrogens is 162 g/mol. The van der Waals surface area contributed by atoms with E-state index < -0.39 is 11.5 Å². The predicted octanol–water partition coefficient (Wildman–Crippen LogP) is 0.744. The van der Waals surface area contributed by atoms with Gasteiger partial charge in [-0.2, -0.15) is 12.6 Å². The molecule has 0 aliphatic rings. The molecule has 0 spiro atoms. The van der Waals surface area contributed by atoms with Gasteiger partial charge in [-0.3, -0.25) is 4.79 Å². The van der Waals surface area contributed by atoms with Gasteiger partial charge in [0.05, 0.1) is 0 Å². The van der Waals surface area contributed by atoms with Crippen LogP contribution in [0.5, 0.6) is 0 Å². The van der Waals surface area contributed by atoms with Crippen LogP contribution in [-0.4, -0.2) is 22.4 Å². The molecule has 66 valence electrons. The zero-order chi connectivity index (χ0) is 9.07. The molecule has 0 bridgehead atoms. The molecule has 0 aromatic carbocycles. The van der Waals surface area contributed by atoms with Crippen LogP contribution < -0.4 is 5.73 Å². The number of carboxylic acid groups (broad SMARTS) is 1. The summed E-state index contributed by atoms with van der Waals surface area (Å²) in [6.45, 7) is 3.74. The molecule has 3 N–H and O–H groups in total. The third-order valence-corrected chi connectivity index (χ3v) is 2.67. The van der Waals surface area contributed by atoms with Crippen LogP contribution in [0.2, 0.25) is 0 Å². The van der Waals surface area contributed by atoms with E-state index in [-0.39, 0.29) is 11.7 Å². The largest absolute Gasteiger partial charge is 0.480 e. The molecule has 0 amide bonds. The van der Waals surface area contributed by atoms with Crippen molar-refractivity contribution in [3.05, 3.63) is 0 Å². The average molecular weight is 177 g/mol. The molecular formula is C7H15NO2S. The summed E-state index contributed by atoms with van der Waals surface area (Å²) in [6, 6.07) is 0. The highest BCUT2D eigenvalue weighted by Crippen LogP contribution is 2.19. The molecule has 0 heterocycles. The summed E-state index contributed by atoms with van der Waals surface area (Å²) in [5, 5.41) is 8.76. The first-order chi connectivity index (χ1) is 4.99. The van der Waals surface area contributed by atoms with E-state index in [9.17, 15) is 4.79 Å². The van der Waals surface area contributed by atoms with Gasteiger partial charge in [0.2, 0.25) is 0 Å². The number of hydrogen-bond donors (Lipinski definition) is 3. The lowest BCUT2D eigenvalue weighted by atomic mass is 9.86. The second-order valence-corrected chi connectivity index (χ2v) is 3.13. The van der Waals surface area contributed by atoms with Crippen LogP contribution in [-0.2, 0) is 4.79 Å². The first kappa shape index (κ1) is 10.8. The number of aliphatic carboxylic acids is 1. The third-order valence-electron chi connectivity index (χ3n) is 2.15. The van der Waals surface area contributed by atoms with Gasteiger partial charge in [-0.05, 0) is 5.92 Å². The maximum absolute atomic E-state index is 10.7. The van der Waals surface area contributed by atoms with Gasteiger partial charge in [-0.1, -0.05) is 20.3 Å². The molecule has 0 fully saturated rings. The van der Waals surface area contributed by atoms with E-state index in [0.29, 0.717) is 0 Å². The molecule has 0 rings (SSSR count). The summed E-state index contributed by atoms with van der Waals surface area (Å²) < 4.78 is 0. The molecule has 11 heavy (non-hydrogen) atoms. The van der Waals surface area contributed by atoms with E-state index in [4.69, 9.17) is 10.8 Å². The van der Waals surface area contributed by atoms with Crippen molar-refractivity contribution in [1.29, 1.82) is 0 Å². The lowest BCUT2D eigenvalue weighted by Gasteiger charge is -2.28. The van der Waals surface area contributed by atoms with Gasteiger partial charge in [0, 0.05) is 5.75 Å². The maximum atomic E-state index is 10.7. The van der Waals surface area contributed by atoms with Crippen molar-refractivity contribution in [2.75, 3.05) is 5.75 Å². The van der Waals surface area contributed by atoms with Crippen LogP contribution in [0.1, 0.15) is 20.3 Å². The smallest absolute Gasteiger partial charge is 0.324 e. The molecule has 3 nitrogen and oxygen atoms in total. The number of carbonyl (C=O) groups is 1. The second-order valence-electron chi connectivity index (χ2n) is 2.81. The van der Waals surface area contributed by atoms with Crippen molar-refractivity contribution < 1.29 is 9.90 Å². The van der Waals surface area contributed by atoms with Gasteiger partial charge in [0.1, 0.15) is 5.54 Å². The Kier molecular flexibility index (Phi) is 3.89. The van der Waals surface area contributed by atoms with Crippen LogP contribution in [0.15, 0.2) is 0 Å². The molecule has 0 aromatic rings. The molecule has 2 unspecified atom stereocenters. The van der Waals surface area contributed by atoms with Crippen molar-refractivity contribution in [2.24, 2.45) is 11.7 Å². The van der Waals surface area contributed by atoms with Crippen molar-refractivity contribution in [3.63, 3.8) is 0 Å². The van der Waals surface area contributed by atoms with E-state index in [0.717, 1.165) is 6.42 Å². The van der Waals surface area contributed by atoms with E-state index in [1.165, 1.54) is 0 Å². The SMILES string of the molecule is CCC(C)C(N)(CS)C(=O)O. The van der Waals surface area contributed by atoms with E-state index in [2.05, 4.69) is 12.6 Å². The number of carboxylic acids is 1. The second kappa shape index (κ2) is 3.97. The van der Waals surface area contributed by atoms with Gasteiger partial charge in [0.25, 0.3) is 0 Å². The summed E-state index contributed by atoms with van der Waals surface area (Å²) in [4.78, 5) is 10.7. The first-order valence-electron chi connectivity index (χ1n) is 3.62.